The highest BCUT2D eigenvalue weighted by molar-refractivity contribution is 7.99. The summed E-state index contributed by atoms with van der Waals surface area (Å²) in [7, 11) is 0. The van der Waals surface area contributed by atoms with Crippen molar-refractivity contribution in [1.82, 2.24) is 5.32 Å². The molecule has 18 heavy (non-hydrogen) atoms. The number of aliphatic carboxylic acids is 1. The van der Waals surface area contributed by atoms with Crippen LogP contribution in [0.1, 0.15) is 59.3 Å². The summed E-state index contributed by atoms with van der Waals surface area (Å²) in [5.41, 5.74) is -0.720. The molecule has 1 rings (SSSR count). The van der Waals surface area contributed by atoms with E-state index in [-0.39, 0.29) is 0 Å². The van der Waals surface area contributed by atoms with Crippen LogP contribution in [0.25, 0.3) is 0 Å². The largest absolute Gasteiger partial charge is 0.480 e. The molecule has 2 unspecified atom stereocenters. The molecule has 0 aromatic rings. The number of carboxylic acid groups (broad SMARTS) is 1. The van der Waals surface area contributed by atoms with Crippen LogP contribution in [-0.2, 0) is 4.79 Å². The van der Waals surface area contributed by atoms with Crippen molar-refractivity contribution in [3.8, 4) is 0 Å². The molecular formula is C14H27NO2S. The van der Waals surface area contributed by atoms with Crippen LogP contribution in [0.15, 0.2) is 0 Å². The van der Waals surface area contributed by atoms with Crippen molar-refractivity contribution in [2.75, 3.05) is 5.75 Å². The first-order valence-corrected chi connectivity index (χ1v) is 8.15. The molecule has 0 aromatic heterocycles. The van der Waals surface area contributed by atoms with Gasteiger partial charge in [-0.2, -0.15) is 11.8 Å². The third-order valence-electron chi connectivity index (χ3n) is 3.62. The topological polar surface area (TPSA) is 49.3 Å². The molecule has 3 nitrogen and oxygen atoms in total. The van der Waals surface area contributed by atoms with Gasteiger partial charge in [-0.05, 0) is 44.8 Å². The van der Waals surface area contributed by atoms with Crippen LogP contribution >= 0.6 is 11.8 Å². The van der Waals surface area contributed by atoms with Crippen molar-refractivity contribution in [2.45, 2.75) is 76.1 Å². The van der Waals surface area contributed by atoms with Crippen molar-refractivity contribution < 1.29 is 9.90 Å². The maximum atomic E-state index is 11.3. The summed E-state index contributed by atoms with van der Waals surface area (Å²) in [6.45, 7) is 6.29. The van der Waals surface area contributed by atoms with Gasteiger partial charge in [0.15, 0.2) is 0 Å². The fourth-order valence-corrected chi connectivity index (χ4v) is 2.91. The van der Waals surface area contributed by atoms with E-state index in [1.807, 2.05) is 18.7 Å². The van der Waals surface area contributed by atoms with Gasteiger partial charge in [0.1, 0.15) is 5.54 Å². The minimum atomic E-state index is -0.720. The SMILES string of the molecule is CCC(C)SCCCCC(C)(NC1CC1)C(=O)O. The zero-order valence-electron chi connectivity index (χ0n) is 11.9. The molecule has 0 amide bonds. The second-order valence-corrected chi connectivity index (χ2v) is 7.15. The van der Waals surface area contributed by atoms with Crippen LogP contribution in [-0.4, -0.2) is 33.7 Å². The van der Waals surface area contributed by atoms with E-state index in [1.54, 1.807) is 0 Å². The zero-order chi connectivity index (χ0) is 13.6. The molecule has 1 saturated carbocycles. The number of unbranched alkanes of at least 4 members (excludes halogenated alkanes) is 1. The second-order valence-electron chi connectivity index (χ2n) is 5.60. The van der Waals surface area contributed by atoms with Gasteiger partial charge in [-0.1, -0.05) is 20.3 Å². The number of hydrogen-bond acceptors (Lipinski definition) is 3. The Morgan fingerprint density at radius 1 is 1.50 bits per heavy atom. The van der Waals surface area contributed by atoms with Gasteiger partial charge < -0.3 is 5.11 Å². The predicted octanol–water partition coefficient (Wildman–Crippen LogP) is 3.28. The maximum absolute atomic E-state index is 11.3. The Labute approximate surface area is 115 Å². The van der Waals surface area contributed by atoms with Crippen molar-refractivity contribution in [2.24, 2.45) is 0 Å². The quantitative estimate of drug-likeness (QED) is 0.600. The smallest absolute Gasteiger partial charge is 0.323 e. The van der Waals surface area contributed by atoms with Crippen molar-refractivity contribution >= 4 is 17.7 Å². The van der Waals surface area contributed by atoms with E-state index in [2.05, 4.69) is 19.2 Å². The summed E-state index contributed by atoms with van der Waals surface area (Å²) in [5.74, 6) is 0.442. The van der Waals surface area contributed by atoms with Crippen LogP contribution in [0.4, 0.5) is 0 Å². The molecule has 4 heteroatoms. The predicted molar refractivity (Wildman–Crippen MR) is 78.3 cm³/mol. The first-order valence-electron chi connectivity index (χ1n) is 7.10. The Bertz CT molecular complexity index is 269. The summed E-state index contributed by atoms with van der Waals surface area (Å²) in [6, 6.07) is 0.445. The molecule has 0 radical (unpaired) electrons. The van der Waals surface area contributed by atoms with E-state index < -0.39 is 11.5 Å². The standard InChI is InChI=1S/C14H27NO2S/c1-4-11(2)18-10-6-5-9-14(3,13(16)17)15-12-7-8-12/h11-12,15H,4-10H2,1-3H3,(H,16,17). The van der Waals surface area contributed by atoms with Gasteiger partial charge in [0.05, 0.1) is 0 Å². The fraction of sp³-hybridized carbons (Fsp3) is 0.929. The molecule has 0 aromatic carbocycles. The molecule has 0 heterocycles. The lowest BCUT2D eigenvalue weighted by molar-refractivity contribution is -0.144. The van der Waals surface area contributed by atoms with Crippen molar-refractivity contribution in [1.29, 1.82) is 0 Å². The number of carboxylic acids is 1. The van der Waals surface area contributed by atoms with Crippen LogP contribution in [0.3, 0.4) is 0 Å². The maximum Gasteiger partial charge on any atom is 0.323 e. The Hall–Kier alpha value is -0.220. The first kappa shape index (κ1) is 15.8. The molecule has 0 bridgehead atoms. The van der Waals surface area contributed by atoms with Gasteiger partial charge in [-0.25, -0.2) is 0 Å². The van der Waals surface area contributed by atoms with Gasteiger partial charge >= 0.3 is 5.97 Å². The van der Waals surface area contributed by atoms with Crippen LogP contribution in [0.2, 0.25) is 0 Å². The molecule has 1 aliphatic rings. The van der Waals surface area contributed by atoms with Gasteiger partial charge in [0.25, 0.3) is 0 Å². The number of hydrogen-bond donors (Lipinski definition) is 2. The Morgan fingerprint density at radius 2 is 2.17 bits per heavy atom. The third kappa shape index (κ3) is 5.61. The van der Waals surface area contributed by atoms with Gasteiger partial charge in [0.2, 0.25) is 0 Å². The summed E-state index contributed by atoms with van der Waals surface area (Å²) in [6.07, 6.45) is 6.32. The minimum absolute atomic E-state index is 0.445. The van der Waals surface area contributed by atoms with Crippen molar-refractivity contribution in [3.05, 3.63) is 0 Å². The molecule has 0 aliphatic heterocycles. The highest BCUT2D eigenvalue weighted by Gasteiger charge is 2.37. The number of nitrogens with one attached hydrogen (secondary N) is 1. The molecule has 0 saturated heterocycles. The normalized spacial score (nSPS) is 20.4. The Morgan fingerprint density at radius 3 is 2.67 bits per heavy atom. The van der Waals surface area contributed by atoms with Gasteiger partial charge in [-0.3, -0.25) is 10.1 Å². The van der Waals surface area contributed by atoms with Crippen molar-refractivity contribution in [3.63, 3.8) is 0 Å². The van der Waals surface area contributed by atoms with E-state index in [9.17, 15) is 9.90 Å². The van der Waals surface area contributed by atoms with E-state index in [1.165, 1.54) is 6.42 Å². The second kappa shape index (κ2) is 7.39. The van der Waals surface area contributed by atoms with E-state index in [0.717, 1.165) is 43.1 Å². The van der Waals surface area contributed by atoms with Crippen LogP contribution in [0, 0.1) is 0 Å². The summed E-state index contributed by atoms with van der Waals surface area (Å²) in [5, 5.41) is 13.3. The molecule has 1 fully saturated rings. The van der Waals surface area contributed by atoms with E-state index in [4.69, 9.17) is 0 Å². The highest BCUT2D eigenvalue weighted by atomic mass is 32.2. The molecule has 0 spiro atoms. The number of thioether (sulfide) groups is 1. The summed E-state index contributed by atoms with van der Waals surface area (Å²) < 4.78 is 0. The molecule has 1 aliphatic carbocycles. The monoisotopic (exact) mass is 273 g/mol. The van der Waals surface area contributed by atoms with E-state index in [0.29, 0.717) is 6.04 Å². The lowest BCUT2D eigenvalue weighted by Gasteiger charge is -2.26. The Kier molecular flexibility index (Phi) is 6.50. The first-order chi connectivity index (χ1) is 8.48. The lowest BCUT2D eigenvalue weighted by atomic mass is 9.95. The number of carbonyl (C=O) groups is 1. The van der Waals surface area contributed by atoms with Gasteiger partial charge in [0, 0.05) is 11.3 Å². The average Bonchev–Trinajstić information content (AvgIpc) is 3.11. The zero-order valence-corrected chi connectivity index (χ0v) is 12.7. The van der Waals surface area contributed by atoms with Crippen LogP contribution < -0.4 is 5.32 Å². The van der Waals surface area contributed by atoms with E-state index >= 15 is 0 Å². The summed E-state index contributed by atoms with van der Waals surface area (Å²) in [4.78, 5) is 11.3. The Balaban J connectivity index is 2.19. The third-order valence-corrected chi connectivity index (χ3v) is 5.05. The highest BCUT2D eigenvalue weighted by Crippen LogP contribution is 2.26. The molecule has 106 valence electrons. The lowest BCUT2D eigenvalue weighted by Crippen LogP contribution is -2.50. The molecule has 2 atom stereocenters. The van der Waals surface area contributed by atoms with Gasteiger partial charge in [-0.15, -0.1) is 0 Å². The number of rotatable bonds is 10. The fourth-order valence-electron chi connectivity index (χ4n) is 1.90. The van der Waals surface area contributed by atoms with Crippen LogP contribution in [0.5, 0.6) is 0 Å². The minimum Gasteiger partial charge on any atom is -0.480 e. The molecule has 2 N–H and O–H groups in total. The summed E-state index contributed by atoms with van der Waals surface area (Å²) >= 11 is 1.99. The molecular weight excluding hydrogens is 246 g/mol. The average molecular weight is 273 g/mol.